The van der Waals surface area contributed by atoms with Gasteiger partial charge >= 0.3 is 0 Å². The Morgan fingerprint density at radius 3 is 2.32 bits per heavy atom. The Morgan fingerprint density at radius 1 is 0.964 bits per heavy atom. The Labute approximate surface area is 187 Å². The third-order valence-corrected chi connectivity index (χ3v) is 9.36. The van der Waals surface area contributed by atoms with Crippen molar-refractivity contribution in [1.82, 2.24) is 0 Å². The first-order valence-corrected chi connectivity index (χ1v) is 13.3. The summed E-state index contributed by atoms with van der Waals surface area (Å²) >= 11 is 8.42. The lowest BCUT2D eigenvalue weighted by atomic mass is 10.1. The Hall–Kier alpha value is -0.530. The average molecular weight is 500 g/mol. The molecule has 6 heteroatoms. The van der Waals surface area contributed by atoms with Gasteiger partial charge in [0.1, 0.15) is 6.10 Å². The number of aryl methyl sites for hydroxylation is 1. The topological polar surface area (TPSA) is 37.3 Å². The molecule has 0 bridgehead atoms. The van der Waals surface area contributed by atoms with E-state index in [0.29, 0.717) is 0 Å². The molecule has 1 N–H and O–H groups in total. The second kappa shape index (κ2) is 11.0. The number of aliphatic hydroxyl groups excluding tert-OH is 1. The van der Waals surface area contributed by atoms with Crippen LogP contribution in [0.25, 0.3) is 9.40 Å². The smallest absolute Gasteiger partial charge is 0.160 e. The molecule has 0 saturated heterocycles. The van der Waals surface area contributed by atoms with Gasteiger partial charge in [0, 0.05) is 23.6 Å². The largest absolute Gasteiger partial charge is 0.382 e. The molecule has 0 aliphatic rings. The van der Waals surface area contributed by atoms with Crippen LogP contribution < -0.4 is 0 Å². The maximum Gasteiger partial charge on any atom is 0.160 e. The third kappa shape index (κ3) is 5.76. The summed E-state index contributed by atoms with van der Waals surface area (Å²) in [5.41, 5.74) is 0. The van der Waals surface area contributed by atoms with Crippen molar-refractivity contribution in [2.75, 3.05) is 0 Å². The molecular weight excluding hydrogens is 472 g/mol. The van der Waals surface area contributed by atoms with Crippen molar-refractivity contribution < 1.29 is 9.90 Å². The molecule has 1 atom stereocenters. The van der Waals surface area contributed by atoms with Gasteiger partial charge in [-0.1, -0.05) is 51.9 Å². The number of aliphatic hydroxyl groups is 1. The minimum absolute atomic E-state index is 0.601. The molecule has 0 fully saturated rings. The lowest BCUT2D eigenvalue weighted by Gasteiger charge is -2.06. The molecule has 3 heterocycles. The highest BCUT2D eigenvalue weighted by atomic mass is 79.9. The quantitative estimate of drug-likeness (QED) is 0.201. The van der Waals surface area contributed by atoms with Gasteiger partial charge in [-0.15, -0.1) is 34.0 Å². The van der Waals surface area contributed by atoms with Crippen molar-refractivity contribution in [2.45, 2.75) is 70.8 Å². The molecule has 0 spiro atoms. The SMILES string of the molecule is CCCCCCCCCCc1cc(Br)c(C(O)c2cc3sc(C=O)cc3s2)s1. The number of hydrogen-bond donors (Lipinski definition) is 1. The fraction of sp³-hybridized carbons (Fsp3) is 0.500. The van der Waals surface area contributed by atoms with Crippen LogP contribution in [-0.4, -0.2) is 11.4 Å². The molecular formula is C22H27BrO2S3. The summed E-state index contributed by atoms with van der Waals surface area (Å²) < 4.78 is 3.16. The van der Waals surface area contributed by atoms with Crippen molar-refractivity contribution in [3.63, 3.8) is 0 Å². The van der Waals surface area contributed by atoms with Crippen LogP contribution >= 0.6 is 49.9 Å². The van der Waals surface area contributed by atoms with E-state index in [-0.39, 0.29) is 0 Å². The molecule has 0 amide bonds. The molecule has 152 valence electrons. The maximum absolute atomic E-state index is 10.9. The third-order valence-electron chi connectivity index (χ3n) is 4.92. The number of hydrogen-bond acceptors (Lipinski definition) is 5. The first kappa shape index (κ1) is 22.2. The van der Waals surface area contributed by atoms with Gasteiger partial charge in [0.2, 0.25) is 0 Å². The summed E-state index contributed by atoms with van der Waals surface area (Å²) in [6.45, 7) is 2.26. The van der Waals surface area contributed by atoms with E-state index in [0.717, 1.165) is 41.2 Å². The average Bonchev–Trinajstić information content (AvgIpc) is 3.36. The molecule has 2 nitrogen and oxygen atoms in total. The Bertz CT molecular complexity index is 862. The van der Waals surface area contributed by atoms with Crippen LogP contribution in [0.4, 0.5) is 0 Å². The Kier molecular flexibility index (Phi) is 8.72. The van der Waals surface area contributed by atoms with E-state index in [2.05, 4.69) is 28.9 Å². The van der Waals surface area contributed by atoms with Crippen LogP contribution in [0.15, 0.2) is 22.7 Å². The molecule has 0 aliphatic carbocycles. The number of unbranched alkanes of at least 4 members (excludes halogenated alkanes) is 7. The zero-order chi connectivity index (χ0) is 19.9. The van der Waals surface area contributed by atoms with E-state index in [9.17, 15) is 9.90 Å². The summed E-state index contributed by atoms with van der Waals surface area (Å²) in [7, 11) is 0. The molecule has 0 saturated carbocycles. The van der Waals surface area contributed by atoms with E-state index in [1.165, 1.54) is 67.6 Å². The number of halogens is 1. The maximum atomic E-state index is 10.9. The van der Waals surface area contributed by atoms with Crippen LogP contribution in [0.3, 0.4) is 0 Å². The van der Waals surface area contributed by atoms with Crippen LogP contribution in [-0.2, 0) is 6.42 Å². The molecule has 3 aromatic heterocycles. The molecule has 0 aromatic carbocycles. The van der Waals surface area contributed by atoms with Gasteiger partial charge in [-0.05, 0) is 47.0 Å². The highest BCUT2D eigenvalue weighted by Crippen LogP contribution is 2.42. The number of fused-ring (bicyclic) bond motifs is 1. The van der Waals surface area contributed by atoms with E-state index < -0.39 is 6.10 Å². The summed E-state index contributed by atoms with van der Waals surface area (Å²) in [6, 6.07) is 6.10. The van der Waals surface area contributed by atoms with Gasteiger partial charge in [-0.3, -0.25) is 4.79 Å². The molecule has 0 radical (unpaired) electrons. The van der Waals surface area contributed by atoms with E-state index in [1.54, 1.807) is 22.7 Å². The van der Waals surface area contributed by atoms with Crippen molar-refractivity contribution in [1.29, 1.82) is 0 Å². The number of thiophene rings is 3. The molecule has 1 unspecified atom stereocenters. The number of carbonyl (C=O) groups excluding carboxylic acids is 1. The predicted molar refractivity (Wildman–Crippen MR) is 127 cm³/mol. The van der Waals surface area contributed by atoms with Crippen molar-refractivity contribution in [3.05, 3.63) is 42.2 Å². The van der Waals surface area contributed by atoms with Gasteiger partial charge in [-0.25, -0.2) is 0 Å². The Morgan fingerprint density at radius 2 is 1.64 bits per heavy atom. The minimum Gasteiger partial charge on any atom is -0.382 e. The number of aldehydes is 1. The summed E-state index contributed by atoms with van der Waals surface area (Å²) in [5.74, 6) is 0. The number of rotatable bonds is 12. The summed E-state index contributed by atoms with van der Waals surface area (Å²) in [4.78, 5) is 14.9. The highest BCUT2D eigenvalue weighted by Gasteiger charge is 2.20. The standard InChI is InChI=1S/C22H27BrO2S3/c1-2-3-4-5-6-7-8-9-10-15-11-17(23)22(27-15)21(25)20-13-19-18(28-20)12-16(14-24)26-19/h11-14,21,25H,2-10H2,1H3. The zero-order valence-electron chi connectivity index (χ0n) is 16.2. The summed E-state index contributed by atoms with van der Waals surface area (Å²) in [5, 5.41) is 10.9. The van der Waals surface area contributed by atoms with Gasteiger partial charge < -0.3 is 5.11 Å². The van der Waals surface area contributed by atoms with E-state index in [1.807, 2.05) is 12.1 Å². The number of carbonyl (C=O) groups is 1. The van der Waals surface area contributed by atoms with Gasteiger partial charge in [0.25, 0.3) is 0 Å². The molecule has 28 heavy (non-hydrogen) atoms. The second-order valence-corrected chi connectivity index (χ2v) is 11.4. The molecule has 3 aromatic rings. The van der Waals surface area contributed by atoms with Crippen LogP contribution in [0.2, 0.25) is 0 Å². The van der Waals surface area contributed by atoms with Crippen molar-refractivity contribution in [3.8, 4) is 0 Å². The van der Waals surface area contributed by atoms with Gasteiger partial charge in [-0.2, -0.15) is 0 Å². The first-order valence-electron chi connectivity index (χ1n) is 10.1. The predicted octanol–water partition coefficient (Wildman–Crippen LogP) is 8.36. The second-order valence-electron chi connectivity index (χ2n) is 7.20. The monoisotopic (exact) mass is 498 g/mol. The fourth-order valence-electron chi connectivity index (χ4n) is 3.37. The van der Waals surface area contributed by atoms with Crippen molar-refractivity contribution in [2.24, 2.45) is 0 Å². The lowest BCUT2D eigenvalue weighted by molar-refractivity contribution is 0.112. The van der Waals surface area contributed by atoms with Crippen LogP contribution in [0.1, 0.15) is 88.7 Å². The molecule has 0 aliphatic heterocycles. The molecule has 3 rings (SSSR count). The van der Waals surface area contributed by atoms with Gasteiger partial charge in [0.05, 0.1) is 9.75 Å². The minimum atomic E-state index is -0.601. The first-order chi connectivity index (χ1) is 13.6. The van der Waals surface area contributed by atoms with Gasteiger partial charge in [0.15, 0.2) is 6.29 Å². The van der Waals surface area contributed by atoms with Crippen molar-refractivity contribution >= 4 is 65.6 Å². The fourth-order valence-corrected chi connectivity index (χ4v) is 7.66. The lowest BCUT2D eigenvalue weighted by Crippen LogP contribution is -1.94. The van der Waals surface area contributed by atoms with E-state index in [4.69, 9.17) is 0 Å². The Balaban J connectivity index is 1.52. The van der Waals surface area contributed by atoms with Crippen LogP contribution in [0, 0.1) is 0 Å². The normalized spacial score (nSPS) is 12.7. The van der Waals surface area contributed by atoms with E-state index >= 15 is 0 Å². The zero-order valence-corrected chi connectivity index (χ0v) is 20.2. The van der Waals surface area contributed by atoms with Crippen LogP contribution in [0.5, 0.6) is 0 Å². The summed E-state index contributed by atoms with van der Waals surface area (Å²) in [6.07, 6.45) is 12.0. The highest BCUT2D eigenvalue weighted by molar-refractivity contribution is 9.10.